The number of likely N-dealkylation sites (tertiary alicyclic amines) is 1. The highest BCUT2D eigenvalue weighted by atomic mass is 35.5. The van der Waals surface area contributed by atoms with E-state index in [0.717, 1.165) is 0 Å². The number of esters is 1. The standard InChI is InChI=1S/C24H24ClNO7/c1-14(27)33-17-7-4-6-15(12-17)21-20(23(29)24(30)26(21)10-5-11-31-2)22(28)16-8-9-19(32-3)18(25)13-16/h4,6-9,12-13,21,28H,5,10-11H2,1-3H3/b22-20+. The van der Waals surface area contributed by atoms with Crippen LogP contribution in [0, 0.1) is 0 Å². The average molecular weight is 474 g/mol. The molecule has 2 aromatic rings. The molecule has 8 nitrogen and oxygen atoms in total. The minimum Gasteiger partial charge on any atom is -0.507 e. The van der Waals surface area contributed by atoms with E-state index < -0.39 is 23.7 Å². The van der Waals surface area contributed by atoms with Gasteiger partial charge in [0, 0.05) is 32.7 Å². The Kier molecular flexibility index (Phi) is 7.73. The van der Waals surface area contributed by atoms with Gasteiger partial charge in [-0.1, -0.05) is 23.7 Å². The van der Waals surface area contributed by atoms with Crippen molar-refractivity contribution in [1.29, 1.82) is 0 Å². The van der Waals surface area contributed by atoms with Crippen LogP contribution in [-0.2, 0) is 19.1 Å². The van der Waals surface area contributed by atoms with Crippen LogP contribution in [0.4, 0.5) is 0 Å². The van der Waals surface area contributed by atoms with Crippen molar-refractivity contribution < 1.29 is 33.7 Å². The van der Waals surface area contributed by atoms with Crippen molar-refractivity contribution in [3.63, 3.8) is 0 Å². The van der Waals surface area contributed by atoms with Crippen molar-refractivity contribution >= 4 is 35.0 Å². The molecule has 1 aliphatic rings. The fraction of sp³-hybridized carbons (Fsp3) is 0.292. The molecule has 174 valence electrons. The lowest BCUT2D eigenvalue weighted by Crippen LogP contribution is -2.31. The number of hydrogen-bond acceptors (Lipinski definition) is 7. The van der Waals surface area contributed by atoms with Crippen molar-refractivity contribution in [2.45, 2.75) is 19.4 Å². The van der Waals surface area contributed by atoms with E-state index >= 15 is 0 Å². The van der Waals surface area contributed by atoms with Crippen LogP contribution < -0.4 is 9.47 Å². The molecule has 9 heteroatoms. The van der Waals surface area contributed by atoms with Crippen LogP contribution in [0.2, 0.25) is 5.02 Å². The highest BCUT2D eigenvalue weighted by molar-refractivity contribution is 6.46. The third-order valence-corrected chi connectivity index (χ3v) is 5.44. The molecular weight excluding hydrogens is 450 g/mol. The Labute approximate surface area is 196 Å². The molecular formula is C24H24ClNO7. The lowest BCUT2D eigenvalue weighted by molar-refractivity contribution is -0.140. The summed E-state index contributed by atoms with van der Waals surface area (Å²) in [6.45, 7) is 1.88. The van der Waals surface area contributed by atoms with Crippen LogP contribution >= 0.6 is 11.6 Å². The van der Waals surface area contributed by atoms with Gasteiger partial charge in [-0.25, -0.2) is 0 Å². The molecule has 0 saturated carbocycles. The van der Waals surface area contributed by atoms with E-state index in [-0.39, 0.29) is 34.2 Å². The molecule has 33 heavy (non-hydrogen) atoms. The number of aliphatic hydroxyl groups excluding tert-OH is 1. The van der Waals surface area contributed by atoms with Crippen LogP contribution in [0.5, 0.6) is 11.5 Å². The van der Waals surface area contributed by atoms with Gasteiger partial charge in [0.25, 0.3) is 11.7 Å². The number of ketones is 1. The van der Waals surface area contributed by atoms with E-state index in [1.807, 2.05) is 0 Å². The Balaban J connectivity index is 2.14. The molecule has 0 aliphatic carbocycles. The second-order valence-corrected chi connectivity index (χ2v) is 7.76. The summed E-state index contributed by atoms with van der Waals surface area (Å²) in [5.74, 6) is -1.77. The van der Waals surface area contributed by atoms with E-state index in [4.69, 9.17) is 25.8 Å². The Morgan fingerprint density at radius 1 is 1.15 bits per heavy atom. The monoisotopic (exact) mass is 473 g/mol. The molecule has 1 amide bonds. The minimum absolute atomic E-state index is 0.0846. The molecule has 0 bridgehead atoms. The first-order valence-corrected chi connectivity index (χ1v) is 10.6. The molecule has 1 saturated heterocycles. The first-order chi connectivity index (χ1) is 15.8. The maximum atomic E-state index is 13.0. The fourth-order valence-electron chi connectivity index (χ4n) is 3.72. The van der Waals surface area contributed by atoms with E-state index in [2.05, 4.69) is 0 Å². The van der Waals surface area contributed by atoms with Gasteiger partial charge in [0.1, 0.15) is 17.3 Å². The summed E-state index contributed by atoms with van der Waals surface area (Å²) in [4.78, 5) is 38.7. The molecule has 0 aromatic heterocycles. The zero-order chi connectivity index (χ0) is 24.1. The number of hydrogen-bond donors (Lipinski definition) is 1. The van der Waals surface area contributed by atoms with Crippen molar-refractivity contribution in [1.82, 2.24) is 4.90 Å². The zero-order valence-corrected chi connectivity index (χ0v) is 19.2. The van der Waals surface area contributed by atoms with Gasteiger partial charge >= 0.3 is 5.97 Å². The Morgan fingerprint density at radius 2 is 1.91 bits per heavy atom. The molecule has 0 radical (unpaired) electrons. The summed E-state index contributed by atoms with van der Waals surface area (Å²) < 4.78 is 15.4. The predicted molar refractivity (Wildman–Crippen MR) is 121 cm³/mol. The summed E-state index contributed by atoms with van der Waals surface area (Å²) in [7, 11) is 3.00. The van der Waals surface area contributed by atoms with Gasteiger partial charge in [-0.15, -0.1) is 0 Å². The molecule has 2 aromatic carbocycles. The third kappa shape index (κ3) is 5.18. The van der Waals surface area contributed by atoms with Gasteiger partial charge in [-0.05, 0) is 42.3 Å². The normalized spacial score (nSPS) is 17.3. The largest absolute Gasteiger partial charge is 0.507 e. The topological polar surface area (TPSA) is 102 Å². The van der Waals surface area contributed by atoms with Crippen molar-refractivity contribution in [3.05, 3.63) is 64.2 Å². The molecule has 1 N–H and O–H groups in total. The number of carbonyl (C=O) groups is 3. The highest BCUT2D eigenvalue weighted by Crippen LogP contribution is 2.41. The number of amides is 1. The zero-order valence-electron chi connectivity index (χ0n) is 18.5. The van der Waals surface area contributed by atoms with Crippen LogP contribution in [0.25, 0.3) is 5.76 Å². The van der Waals surface area contributed by atoms with Gasteiger partial charge in [0.05, 0.1) is 23.7 Å². The van der Waals surface area contributed by atoms with E-state index in [1.165, 1.54) is 25.0 Å². The molecule has 1 fully saturated rings. The molecule has 1 heterocycles. The highest BCUT2D eigenvalue weighted by Gasteiger charge is 2.46. The minimum atomic E-state index is -0.891. The first kappa shape index (κ1) is 24.3. The van der Waals surface area contributed by atoms with Gasteiger partial charge < -0.3 is 24.2 Å². The second-order valence-electron chi connectivity index (χ2n) is 7.35. The second kappa shape index (κ2) is 10.5. The molecule has 0 spiro atoms. The molecule has 3 rings (SSSR count). The van der Waals surface area contributed by atoms with Gasteiger partial charge in [0.2, 0.25) is 0 Å². The number of methoxy groups -OCH3 is 2. The Hall–Kier alpha value is -3.36. The van der Waals surface area contributed by atoms with Crippen LogP contribution in [0.1, 0.15) is 30.5 Å². The lowest BCUT2D eigenvalue weighted by atomic mass is 9.95. The van der Waals surface area contributed by atoms with Gasteiger partial charge in [-0.3, -0.25) is 14.4 Å². The maximum absolute atomic E-state index is 13.0. The average Bonchev–Trinajstić information content (AvgIpc) is 3.03. The van der Waals surface area contributed by atoms with Gasteiger partial charge in [0.15, 0.2) is 0 Å². The Bertz CT molecular complexity index is 1110. The first-order valence-electron chi connectivity index (χ1n) is 10.2. The number of Topliss-reactive ketones (excluding diaryl/α,β-unsaturated/α-hetero) is 1. The van der Waals surface area contributed by atoms with E-state index in [9.17, 15) is 19.5 Å². The van der Waals surface area contributed by atoms with E-state index in [0.29, 0.717) is 24.3 Å². The molecule has 1 unspecified atom stereocenters. The summed E-state index contributed by atoms with van der Waals surface area (Å²) >= 11 is 6.20. The maximum Gasteiger partial charge on any atom is 0.308 e. The molecule has 1 atom stereocenters. The number of halogens is 1. The number of benzene rings is 2. The summed E-state index contributed by atoms with van der Waals surface area (Å²) in [6, 6.07) is 10.2. The number of rotatable bonds is 8. The summed E-state index contributed by atoms with van der Waals surface area (Å²) in [6.07, 6.45) is 0.484. The van der Waals surface area contributed by atoms with Crippen molar-refractivity contribution in [3.8, 4) is 11.5 Å². The van der Waals surface area contributed by atoms with Crippen molar-refractivity contribution in [2.24, 2.45) is 0 Å². The quantitative estimate of drug-likeness (QED) is 0.156. The fourth-order valence-corrected chi connectivity index (χ4v) is 3.98. The predicted octanol–water partition coefficient (Wildman–Crippen LogP) is 3.73. The van der Waals surface area contributed by atoms with Crippen LogP contribution in [-0.4, -0.2) is 55.0 Å². The van der Waals surface area contributed by atoms with Crippen molar-refractivity contribution in [2.75, 3.05) is 27.4 Å². The SMILES string of the molecule is COCCCN1C(=O)C(=O)/C(=C(/O)c2ccc(OC)c(Cl)c2)C1c1cccc(OC(C)=O)c1. The number of ether oxygens (including phenoxy) is 3. The third-order valence-electron chi connectivity index (χ3n) is 5.15. The summed E-state index contributed by atoms with van der Waals surface area (Å²) in [5.41, 5.74) is 0.682. The van der Waals surface area contributed by atoms with Crippen LogP contribution in [0.15, 0.2) is 48.0 Å². The van der Waals surface area contributed by atoms with E-state index in [1.54, 1.807) is 43.5 Å². The Morgan fingerprint density at radius 3 is 2.55 bits per heavy atom. The summed E-state index contributed by atoms with van der Waals surface area (Å²) in [5, 5.41) is 11.3. The molecule has 1 aliphatic heterocycles. The number of nitrogens with zero attached hydrogens (tertiary/aromatic N) is 1. The number of aliphatic hydroxyl groups is 1. The smallest absolute Gasteiger partial charge is 0.308 e. The number of carbonyl (C=O) groups excluding carboxylic acids is 3. The van der Waals surface area contributed by atoms with Crippen LogP contribution in [0.3, 0.4) is 0 Å². The lowest BCUT2D eigenvalue weighted by Gasteiger charge is -2.25. The van der Waals surface area contributed by atoms with Gasteiger partial charge in [-0.2, -0.15) is 0 Å².